The van der Waals surface area contributed by atoms with Gasteiger partial charge in [-0.05, 0) is 55.7 Å². The highest BCUT2D eigenvalue weighted by molar-refractivity contribution is 5.95. The summed E-state index contributed by atoms with van der Waals surface area (Å²) in [6.45, 7) is 9.87. The predicted molar refractivity (Wildman–Crippen MR) is 129 cm³/mol. The van der Waals surface area contributed by atoms with Gasteiger partial charge >= 0.3 is 12.0 Å². The molecule has 7 nitrogen and oxygen atoms in total. The third kappa shape index (κ3) is 5.22. The lowest BCUT2D eigenvalue weighted by Crippen LogP contribution is -2.52. The first-order valence-corrected chi connectivity index (χ1v) is 11.6. The number of hydrogen-bond donors (Lipinski definition) is 2. The van der Waals surface area contributed by atoms with E-state index in [0.717, 1.165) is 26.2 Å². The number of halogens is 1. The molecule has 2 N–H and O–H groups in total. The number of carbonyl (C=O) groups is 2. The molecule has 34 heavy (non-hydrogen) atoms. The molecule has 180 valence electrons. The summed E-state index contributed by atoms with van der Waals surface area (Å²) < 4.78 is 18.8. The first-order valence-electron chi connectivity index (χ1n) is 11.6. The quantitative estimate of drug-likeness (QED) is 0.638. The number of benzene rings is 2. The SMILES string of the molecule is CCOC(=O)C1=C(CN2CCN(c3cc(C)ccc3C)CC2)NC(=O)NC1c1ccc(F)cc1. The van der Waals surface area contributed by atoms with E-state index in [-0.39, 0.29) is 12.4 Å². The molecule has 2 aliphatic rings. The molecule has 0 spiro atoms. The van der Waals surface area contributed by atoms with E-state index in [9.17, 15) is 14.0 Å². The van der Waals surface area contributed by atoms with E-state index in [4.69, 9.17) is 4.74 Å². The molecule has 0 radical (unpaired) electrons. The first kappa shape index (κ1) is 23.8. The van der Waals surface area contributed by atoms with Gasteiger partial charge in [0.2, 0.25) is 0 Å². The van der Waals surface area contributed by atoms with Crippen molar-refractivity contribution in [1.82, 2.24) is 15.5 Å². The molecule has 8 heteroatoms. The van der Waals surface area contributed by atoms with Crippen LogP contribution in [-0.2, 0) is 9.53 Å². The number of aryl methyl sites for hydroxylation is 2. The standard InChI is InChI=1S/C26H31FN4O3/c1-4-34-25(32)23-21(28-26(33)29-24(23)19-7-9-20(27)10-8-19)16-30-11-13-31(14-12-30)22-15-17(2)5-6-18(22)3/h5-10,15,24H,4,11-14,16H2,1-3H3,(H2,28,29,33). The third-order valence-corrected chi connectivity index (χ3v) is 6.31. The van der Waals surface area contributed by atoms with Crippen molar-refractivity contribution >= 4 is 17.7 Å². The average Bonchev–Trinajstić information content (AvgIpc) is 2.81. The van der Waals surface area contributed by atoms with Gasteiger partial charge in [-0.15, -0.1) is 0 Å². The van der Waals surface area contributed by atoms with Crippen molar-refractivity contribution in [2.75, 3.05) is 44.2 Å². The number of carbonyl (C=O) groups excluding carboxylic acids is 2. The molecule has 1 saturated heterocycles. The largest absolute Gasteiger partial charge is 0.463 e. The molecule has 0 aliphatic carbocycles. The van der Waals surface area contributed by atoms with Crippen molar-refractivity contribution in [2.45, 2.75) is 26.8 Å². The second kappa shape index (κ2) is 10.3. The predicted octanol–water partition coefficient (Wildman–Crippen LogP) is 3.44. The van der Waals surface area contributed by atoms with Crippen LogP contribution in [0.15, 0.2) is 53.7 Å². The normalized spacial score (nSPS) is 19.0. The molecule has 0 aromatic heterocycles. The van der Waals surface area contributed by atoms with Crippen LogP contribution in [0.2, 0.25) is 0 Å². The van der Waals surface area contributed by atoms with Crippen LogP contribution in [0, 0.1) is 19.7 Å². The number of amides is 2. The zero-order chi connectivity index (χ0) is 24.2. The van der Waals surface area contributed by atoms with Gasteiger partial charge in [-0.1, -0.05) is 24.3 Å². The van der Waals surface area contributed by atoms with Crippen LogP contribution in [-0.4, -0.2) is 56.2 Å². The Morgan fingerprint density at radius 2 is 1.79 bits per heavy atom. The van der Waals surface area contributed by atoms with Crippen molar-refractivity contribution < 1.29 is 18.7 Å². The molecule has 1 unspecified atom stereocenters. The lowest BCUT2D eigenvalue weighted by Gasteiger charge is -2.38. The highest BCUT2D eigenvalue weighted by Crippen LogP contribution is 2.29. The maximum Gasteiger partial charge on any atom is 0.338 e. The van der Waals surface area contributed by atoms with Crippen molar-refractivity contribution in [3.63, 3.8) is 0 Å². The molecule has 2 aromatic rings. The van der Waals surface area contributed by atoms with E-state index < -0.39 is 18.0 Å². The van der Waals surface area contributed by atoms with E-state index in [1.54, 1.807) is 19.1 Å². The molecule has 1 fully saturated rings. The Kier molecular flexibility index (Phi) is 7.17. The van der Waals surface area contributed by atoms with Gasteiger partial charge in [0.1, 0.15) is 5.82 Å². The first-order chi connectivity index (χ1) is 16.4. The minimum Gasteiger partial charge on any atom is -0.463 e. The smallest absolute Gasteiger partial charge is 0.338 e. The van der Waals surface area contributed by atoms with Crippen molar-refractivity contribution in [3.8, 4) is 0 Å². The summed E-state index contributed by atoms with van der Waals surface area (Å²) in [7, 11) is 0. The van der Waals surface area contributed by atoms with Gasteiger partial charge in [0.25, 0.3) is 0 Å². The molecule has 2 aromatic carbocycles. The van der Waals surface area contributed by atoms with Crippen molar-refractivity contribution in [3.05, 3.63) is 76.2 Å². The lowest BCUT2D eigenvalue weighted by molar-refractivity contribution is -0.139. The number of rotatable bonds is 6. The molecular formula is C26H31FN4O3. The second-order valence-corrected chi connectivity index (χ2v) is 8.75. The number of nitrogens with one attached hydrogen (secondary N) is 2. The number of esters is 1. The van der Waals surface area contributed by atoms with E-state index in [1.165, 1.54) is 28.9 Å². The molecular weight excluding hydrogens is 435 g/mol. The average molecular weight is 467 g/mol. The van der Waals surface area contributed by atoms with Gasteiger partial charge in [-0.3, -0.25) is 4.90 Å². The van der Waals surface area contributed by atoms with Crippen LogP contribution in [0.25, 0.3) is 0 Å². The number of nitrogens with zero attached hydrogens (tertiary/aromatic N) is 2. The number of urea groups is 1. The summed E-state index contributed by atoms with van der Waals surface area (Å²) in [5, 5.41) is 5.61. The summed E-state index contributed by atoms with van der Waals surface area (Å²) in [6, 6.07) is 11.2. The maximum absolute atomic E-state index is 13.5. The molecule has 0 saturated carbocycles. The van der Waals surface area contributed by atoms with E-state index in [0.29, 0.717) is 23.4 Å². The topological polar surface area (TPSA) is 73.9 Å². The fourth-order valence-electron chi connectivity index (χ4n) is 4.53. The number of ether oxygens (including phenoxy) is 1. The number of anilines is 1. The molecule has 2 aliphatic heterocycles. The fourth-order valence-corrected chi connectivity index (χ4v) is 4.53. The van der Waals surface area contributed by atoms with E-state index in [2.05, 4.69) is 52.5 Å². The zero-order valence-electron chi connectivity index (χ0n) is 19.9. The van der Waals surface area contributed by atoms with Gasteiger partial charge in [0.05, 0.1) is 18.2 Å². The van der Waals surface area contributed by atoms with Crippen LogP contribution in [0.5, 0.6) is 0 Å². The summed E-state index contributed by atoms with van der Waals surface area (Å²) in [4.78, 5) is 30.0. The number of piperazine rings is 1. The summed E-state index contributed by atoms with van der Waals surface area (Å²) in [5.74, 6) is -0.874. The zero-order valence-corrected chi connectivity index (χ0v) is 19.9. The van der Waals surface area contributed by atoms with Crippen LogP contribution >= 0.6 is 0 Å². The van der Waals surface area contributed by atoms with Crippen molar-refractivity contribution in [2.24, 2.45) is 0 Å². The highest BCUT2D eigenvalue weighted by atomic mass is 19.1. The van der Waals surface area contributed by atoms with Gasteiger partial charge in [-0.2, -0.15) is 0 Å². The van der Waals surface area contributed by atoms with Gasteiger partial charge in [0, 0.05) is 44.1 Å². The third-order valence-electron chi connectivity index (χ3n) is 6.31. The van der Waals surface area contributed by atoms with Crippen LogP contribution in [0.4, 0.5) is 14.9 Å². The Morgan fingerprint density at radius 1 is 1.09 bits per heavy atom. The summed E-state index contributed by atoms with van der Waals surface area (Å²) in [5.41, 5.74) is 5.23. The maximum atomic E-state index is 13.5. The van der Waals surface area contributed by atoms with Gasteiger partial charge in [0.15, 0.2) is 0 Å². The molecule has 4 rings (SSSR count). The monoisotopic (exact) mass is 466 g/mol. The second-order valence-electron chi connectivity index (χ2n) is 8.75. The minimum absolute atomic E-state index is 0.216. The van der Waals surface area contributed by atoms with Crippen molar-refractivity contribution in [1.29, 1.82) is 0 Å². The highest BCUT2D eigenvalue weighted by Gasteiger charge is 2.34. The van der Waals surface area contributed by atoms with Gasteiger partial charge in [-0.25, -0.2) is 14.0 Å². The van der Waals surface area contributed by atoms with E-state index >= 15 is 0 Å². The molecule has 1 atom stereocenters. The Labute approximate surface area is 199 Å². The Hall–Kier alpha value is -3.39. The molecule has 2 heterocycles. The Balaban J connectivity index is 1.56. The Morgan fingerprint density at radius 3 is 2.47 bits per heavy atom. The Bertz CT molecular complexity index is 1090. The minimum atomic E-state index is -0.709. The fraction of sp³-hybridized carbons (Fsp3) is 0.385. The molecule has 2 amide bonds. The molecule has 0 bridgehead atoms. The van der Waals surface area contributed by atoms with E-state index in [1.807, 2.05) is 0 Å². The number of hydrogen-bond acceptors (Lipinski definition) is 5. The van der Waals surface area contributed by atoms with Crippen LogP contribution in [0.3, 0.4) is 0 Å². The van der Waals surface area contributed by atoms with Crippen LogP contribution in [0.1, 0.15) is 29.7 Å². The van der Waals surface area contributed by atoms with Gasteiger partial charge < -0.3 is 20.3 Å². The lowest BCUT2D eigenvalue weighted by atomic mass is 9.95. The van der Waals surface area contributed by atoms with Crippen LogP contribution < -0.4 is 15.5 Å². The summed E-state index contributed by atoms with van der Waals surface area (Å²) in [6.07, 6.45) is 0. The summed E-state index contributed by atoms with van der Waals surface area (Å²) >= 11 is 0.